The van der Waals surface area contributed by atoms with Crippen molar-refractivity contribution in [2.24, 2.45) is 11.3 Å². The van der Waals surface area contributed by atoms with Crippen LogP contribution >= 0.6 is 0 Å². The largest absolute Gasteiger partial charge is 0.488 e. The molecule has 2 fully saturated rings. The molecule has 3 heterocycles. The second-order valence-electron chi connectivity index (χ2n) is 11.0. The molecule has 38 heavy (non-hydrogen) atoms. The van der Waals surface area contributed by atoms with E-state index in [-0.39, 0.29) is 12.0 Å². The molecule has 1 saturated heterocycles. The van der Waals surface area contributed by atoms with Crippen LogP contribution in [0.25, 0.3) is 11.3 Å². The molecule has 1 saturated carbocycles. The van der Waals surface area contributed by atoms with Crippen LogP contribution in [0.2, 0.25) is 0 Å². The van der Waals surface area contributed by atoms with E-state index in [1.807, 2.05) is 30.3 Å². The maximum atomic E-state index is 12.2. The molecule has 7 nitrogen and oxygen atoms in total. The zero-order valence-electron chi connectivity index (χ0n) is 22.3. The maximum absolute atomic E-state index is 12.2. The van der Waals surface area contributed by atoms with Crippen molar-refractivity contribution in [1.29, 1.82) is 0 Å². The van der Waals surface area contributed by atoms with Crippen LogP contribution in [-0.2, 0) is 29.1 Å². The van der Waals surface area contributed by atoms with E-state index < -0.39 is 11.4 Å². The molecule has 0 amide bonds. The number of methoxy groups -OCH3 is 1. The highest BCUT2D eigenvalue weighted by Crippen LogP contribution is 2.62. The van der Waals surface area contributed by atoms with Gasteiger partial charge in [0.15, 0.2) is 0 Å². The van der Waals surface area contributed by atoms with Crippen molar-refractivity contribution in [3.8, 4) is 17.0 Å². The van der Waals surface area contributed by atoms with Crippen molar-refractivity contribution in [2.75, 3.05) is 31.7 Å². The van der Waals surface area contributed by atoms with Gasteiger partial charge in [-0.05, 0) is 85.2 Å². The first-order valence-electron chi connectivity index (χ1n) is 13.4. The number of benzene rings is 2. The summed E-state index contributed by atoms with van der Waals surface area (Å²) in [6, 6.07) is 16.4. The molecule has 2 aromatic carbocycles. The molecule has 0 bridgehead atoms. The minimum absolute atomic E-state index is 0.138. The summed E-state index contributed by atoms with van der Waals surface area (Å²) in [7, 11) is 1.63. The van der Waals surface area contributed by atoms with Crippen LogP contribution in [0.4, 0.5) is 5.82 Å². The van der Waals surface area contributed by atoms with Crippen LogP contribution in [0.1, 0.15) is 34.2 Å². The maximum Gasteiger partial charge on any atom is 0.312 e. The lowest BCUT2D eigenvalue weighted by atomic mass is 9.94. The van der Waals surface area contributed by atoms with Gasteiger partial charge in [-0.1, -0.05) is 30.3 Å². The fourth-order valence-electron chi connectivity index (χ4n) is 6.58. The number of carboxylic acids is 1. The fourth-order valence-corrected chi connectivity index (χ4v) is 6.58. The molecule has 2 aliphatic heterocycles. The Morgan fingerprint density at radius 3 is 2.84 bits per heavy atom. The van der Waals surface area contributed by atoms with E-state index in [9.17, 15) is 9.90 Å². The number of aryl methyl sites for hydroxylation is 2. The number of carbonyl (C=O) groups is 1. The Balaban J connectivity index is 1.28. The number of para-hydroxylation sites is 1. The summed E-state index contributed by atoms with van der Waals surface area (Å²) >= 11 is 0. The van der Waals surface area contributed by atoms with E-state index in [4.69, 9.17) is 14.5 Å². The predicted octanol–water partition coefficient (Wildman–Crippen LogP) is 4.52. The van der Waals surface area contributed by atoms with E-state index in [0.29, 0.717) is 26.2 Å². The van der Waals surface area contributed by atoms with Gasteiger partial charge in [-0.25, -0.2) is 4.98 Å². The number of anilines is 1. The number of aliphatic carboxylic acids is 1. The van der Waals surface area contributed by atoms with Crippen LogP contribution in [0.15, 0.2) is 48.5 Å². The van der Waals surface area contributed by atoms with Crippen molar-refractivity contribution in [2.45, 2.75) is 45.9 Å². The third kappa shape index (κ3) is 4.14. The second-order valence-corrected chi connectivity index (χ2v) is 11.0. The van der Waals surface area contributed by atoms with Gasteiger partial charge in [-0.3, -0.25) is 4.79 Å². The number of hydrogen-bond acceptors (Lipinski definition) is 6. The Bertz CT molecular complexity index is 1390. The fraction of sp³-hybridized carbons (Fsp3) is 0.419. The van der Waals surface area contributed by atoms with E-state index in [0.717, 1.165) is 47.9 Å². The number of nitrogens with zero attached hydrogens (tertiary/aromatic N) is 2. The molecule has 0 radical (unpaired) electrons. The van der Waals surface area contributed by atoms with Gasteiger partial charge in [0.25, 0.3) is 0 Å². The number of aromatic nitrogens is 1. The topological polar surface area (TPSA) is 83.9 Å². The lowest BCUT2D eigenvalue weighted by Crippen LogP contribution is -2.43. The normalized spacial score (nSPS) is 23.6. The number of nitrogens with one attached hydrogen (secondary N) is 1. The summed E-state index contributed by atoms with van der Waals surface area (Å²) in [6.07, 6.45) is 1.75. The lowest BCUT2D eigenvalue weighted by molar-refractivity contribution is -0.144. The number of fused-ring (bicyclic) bond motifs is 2. The Labute approximate surface area is 223 Å². The minimum atomic E-state index is -0.730. The zero-order chi connectivity index (χ0) is 26.4. The Morgan fingerprint density at radius 2 is 2.03 bits per heavy atom. The van der Waals surface area contributed by atoms with Crippen molar-refractivity contribution in [3.63, 3.8) is 0 Å². The van der Waals surface area contributed by atoms with Crippen LogP contribution in [-0.4, -0.2) is 48.9 Å². The first-order valence-corrected chi connectivity index (χ1v) is 13.4. The number of ether oxygens (including phenoxy) is 2. The van der Waals surface area contributed by atoms with Gasteiger partial charge in [-0.15, -0.1) is 0 Å². The minimum Gasteiger partial charge on any atom is -0.488 e. The molecule has 6 rings (SSSR count). The molecule has 198 valence electrons. The molecule has 7 heteroatoms. The first-order chi connectivity index (χ1) is 18.4. The van der Waals surface area contributed by atoms with Crippen molar-refractivity contribution >= 4 is 11.8 Å². The summed E-state index contributed by atoms with van der Waals surface area (Å²) in [4.78, 5) is 19.3. The molecule has 3 aromatic rings. The van der Waals surface area contributed by atoms with Crippen molar-refractivity contribution in [3.05, 3.63) is 76.3 Å². The number of hydrogen-bond donors (Lipinski definition) is 2. The van der Waals surface area contributed by atoms with Gasteiger partial charge in [0.1, 0.15) is 18.2 Å². The van der Waals surface area contributed by atoms with E-state index >= 15 is 0 Å². The van der Waals surface area contributed by atoms with E-state index in [1.54, 1.807) is 7.11 Å². The zero-order valence-corrected chi connectivity index (χ0v) is 22.3. The summed E-state index contributed by atoms with van der Waals surface area (Å²) < 4.78 is 11.9. The quantitative estimate of drug-likeness (QED) is 0.458. The first kappa shape index (κ1) is 24.9. The van der Waals surface area contributed by atoms with Crippen LogP contribution < -0.4 is 15.0 Å². The van der Waals surface area contributed by atoms with Crippen LogP contribution in [0.5, 0.6) is 5.75 Å². The molecular weight excluding hydrogens is 478 g/mol. The molecule has 1 aliphatic carbocycles. The highest BCUT2D eigenvalue weighted by atomic mass is 16.5. The molecule has 3 aliphatic rings. The van der Waals surface area contributed by atoms with E-state index in [1.165, 1.54) is 22.3 Å². The molecule has 1 aromatic heterocycles. The SMILES string of the molecule is COC[C@H]1N(c2cccc(-c3cccc(C)c3OCc3cc(C)c4c(c3)CCNC4)n2)C[C@@H]2C[C@@]21C(=O)O. The standard InChI is InChI=1S/C31H35N3O4/c1-19-6-4-7-24(29(19)38-17-21-12-20(2)25-15-32-11-10-22(25)13-21)26-8-5-9-28(33-26)34-16-23-14-31(23,30(35)36)27(34)18-37-3/h4-9,12-13,23,27,32H,10-11,14-18H2,1-3H3,(H,35,36)/t23-,27+,31+/m0/s1. The number of pyridine rings is 1. The molecule has 0 unspecified atom stereocenters. The van der Waals surface area contributed by atoms with Gasteiger partial charge >= 0.3 is 5.97 Å². The third-order valence-corrected chi connectivity index (χ3v) is 8.66. The van der Waals surface area contributed by atoms with Gasteiger partial charge in [-0.2, -0.15) is 0 Å². The van der Waals surface area contributed by atoms with Gasteiger partial charge in [0.05, 0.1) is 23.8 Å². The molecule has 3 atom stereocenters. The van der Waals surface area contributed by atoms with Crippen LogP contribution in [0.3, 0.4) is 0 Å². The summed E-state index contributed by atoms with van der Waals surface area (Å²) in [6.45, 7) is 7.72. The number of rotatable bonds is 8. The monoisotopic (exact) mass is 513 g/mol. The summed E-state index contributed by atoms with van der Waals surface area (Å²) in [5.74, 6) is 1.02. The smallest absolute Gasteiger partial charge is 0.312 e. The predicted molar refractivity (Wildman–Crippen MR) is 147 cm³/mol. The Hall–Kier alpha value is -3.42. The summed E-state index contributed by atoms with van der Waals surface area (Å²) in [5.41, 5.74) is 7.38. The van der Waals surface area contributed by atoms with Crippen molar-refractivity contribution in [1.82, 2.24) is 10.3 Å². The molecule has 2 N–H and O–H groups in total. The highest BCUT2D eigenvalue weighted by molar-refractivity contribution is 5.82. The third-order valence-electron chi connectivity index (χ3n) is 8.66. The summed E-state index contributed by atoms with van der Waals surface area (Å²) in [5, 5.41) is 13.4. The molecule has 0 spiro atoms. The highest BCUT2D eigenvalue weighted by Gasteiger charge is 2.71. The lowest BCUT2D eigenvalue weighted by Gasteiger charge is -2.31. The van der Waals surface area contributed by atoms with Gasteiger partial charge < -0.3 is 24.8 Å². The average Bonchev–Trinajstić information content (AvgIpc) is 3.57. The van der Waals surface area contributed by atoms with Crippen molar-refractivity contribution < 1.29 is 19.4 Å². The second kappa shape index (κ2) is 9.71. The van der Waals surface area contributed by atoms with E-state index in [2.05, 4.69) is 42.3 Å². The number of carboxylic acid groups (broad SMARTS) is 1. The van der Waals surface area contributed by atoms with Gasteiger partial charge in [0, 0.05) is 25.8 Å². The van der Waals surface area contributed by atoms with Crippen LogP contribution in [0, 0.1) is 25.2 Å². The Morgan fingerprint density at radius 1 is 1.18 bits per heavy atom. The number of piperidine rings is 1. The Kier molecular flexibility index (Phi) is 6.36. The molecular formula is C31H35N3O4. The average molecular weight is 514 g/mol. The van der Waals surface area contributed by atoms with Gasteiger partial charge in [0.2, 0.25) is 0 Å².